The van der Waals surface area contributed by atoms with Crippen LogP contribution in [0.3, 0.4) is 0 Å². The molecule has 0 fully saturated rings. The van der Waals surface area contributed by atoms with Crippen LogP contribution in [0.4, 0.5) is 0 Å². The Balaban J connectivity index is 1.20. The van der Waals surface area contributed by atoms with Gasteiger partial charge in [-0.05, 0) is 42.8 Å². The Bertz CT molecular complexity index is 1290. The molecular weight excluding hydrogens is 436 g/mol. The van der Waals surface area contributed by atoms with Gasteiger partial charge in [-0.2, -0.15) is 0 Å². The third kappa shape index (κ3) is 5.78. The van der Waals surface area contributed by atoms with E-state index in [0.29, 0.717) is 11.4 Å². The summed E-state index contributed by atoms with van der Waals surface area (Å²) >= 11 is 1.44. The average molecular weight is 461 g/mol. The second kappa shape index (κ2) is 10.3. The second-order valence-corrected chi connectivity index (χ2v) is 9.06. The molecule has 0 unspecified atom stereocenters. The number of amides is 1. The van der Waals surface area contributed by atoms with Gasteiger partial charge in [0.1, 0.15) is 17.9 Å². The lowest BCUT2D eigenvalue weighted by Crippen LogP contribution is -2.23. The largest absolute Gasteiger partial charge is 0.352 e. The molecular formula is C25H24N4O3S. The van der Waals surface area contributed by atoms with Crippen molar-refractivity contribution in [1.29, 1.82) is 0 Å². The number of imidazole rings is 1. The molecule has 0 atom stereocenters. The van der Waals surface area contributed by atoms with Crippen LogP contribution in [0.5, 0.6) is 0 Å². The van der Waals surface area contributed by atoms with Crippen LogP contribution < -0.4 is 5.32 Å². The van der Waals surface area contributed by atoms with E-state index in [2.05, 4.69) is 15.3 Å². The summed E-state index contributed by atoms with van der Waals surface area (Å²) in [4.78, 5) is 46.9. The Morgan fingerprint density at radius 2 is 1.76 bits per heavy atom. The zero-order valence-electron chi connectivity index (χ0n) is 18.3. The molecule has 3 aromatic heterocycles. The van der Waals surface area contributed by atoms with E-state index in [4.69, 9.17) is 0 Å². The maximum atomic E-state index is 12.1. The minimum Gasteiger partial charge on any atom is -0.352 e. The number of hydrogen-bond acceptors (Lipinski definition) is 6. The first-order valence-corrected chi connectivity index (χ1v) is 11.6. The fraction of sp³-hybridized carbons (Fsp3) is 0.240. The summed E-state index contributed by atoms with van der Waals surface area (Å²) in [5.41, 5.74) is 2.73. The molecule has 0 aliphatic heterocycles. The Hall–Kier alpha value is -3.65. The van der Waals surface area contributed by atoms with E-state index >= 15 is 0 Å². The van der Waals surface area contributed by atoms with E-state index < -0.39 is 0 Å². The fourth-order valence-corrected chi connectivity index (χ4v) is 4.27. The highest BCUT2D eigenvalue weighted by Crippen LogP contribution is 2.18. The normalized spacial score (nSPS) is 10.9. The van der Waals surface area contributed by atoms with Crippen molar-refractivity contribution in [2.75, 3.05) is 0 Å². The number of pyridine rings is 1. The van der Waals surface area contributed by atoms with E-state index in [9.17, 15) is 14.4 Å². The fourth-order valence-electron chi connectivity index (χ4n) is 3.43. The molecule has 1 N–H and O–H groups in total. The molecule has 7 nitrogen and oxygen atoms in total. The van der Waals surface area contributed by atoms with Gasteiger partial charge in [-0.1, -0.05) is 18.2 Å². The summed E-state index contributed by atoms with van der Waals surface area (Å²) in [5.74, 6) is 0.445. The van der Waals surface area contributed by atoms with Crippen molar-refractivity contribution in [2.45, 2.75) is 39.2 Å². The molecule has 0 spiro atoms. The second-order valence-electron chi connectivity index (χ2n) is 7.78. The zero-order chi connectivity index (χ0) is 23.2. The molecule has 0 aliphatic carbocycles. The van der Waals surface area contributed by atoms with Gasteiger partial charge in [-0.15, -0.1) is 11.3 Å². The van der Waals surface area contributed by atoms with E-state index in [0.717, 1.165) is 27.3 Å². The minimum atomic E-state index is -0.201. The highest BCUT2D eigenvalue weighted by Gasteiger charge is 2.13. The number of nitrogens with one attached hydrogen (secondary N) is 1. The van der Waals surface area contributed by atoms with Crippen molar-refractivity contribution < 1.29 is 14.4 Å². The third-order valence-electron chi connectivity index (χ3n) is 5.28. The highest BCUT2D eigenvalue weighted by molar-refractivity contribution is 7.14. The molecule has 0 radical (unpaired) electrons. The summed E-state index contributed by atoms with van der Waals surface area (Å²) in [6, 6.07) is 15.3. The van der Waals surface area contributed by atoms with Crippen LogP contribution in [0, 0.1) is 6.92 Å². The number of carbonyl (C=O) groups excluding carboxylic acids is 3. The van der Waals surface area contributed by atoms with Crippen LogP contribution in [0.15, 0.2) is 61.1 Å². The van der Waals surface area contributed by atoms with E-state index in [1.807, 2.05) is 54.0 Å². The van der Waals surface area contributed by atoms with Crippen molar-refractivity contribution in [2.24, 2.45) is 0 Å². The number of hydrogen-bond donors (Lipinski definition) is 1. The van der Waals surface area contributed by atoms with Gasteiger partial charge in [0.05, 0.1) is 15.9 Å². The summed E-state index contributed by atoms with van der Waals surface area (Å²) < 4.78 is 1.91. The first-order chi connectivity index (χ1) is 16.0. The van der Waals surface area contributed by atoms with Crippen molar-refractivity contribution in [1.82, 2.24) is 19.9 Å². The van der Waals surface area contributed by atoms with Crippen LogP contribution in [0.25, 0.3) is 16.9 Å². The quantitative estimate of drug-likeness (QED) is 0.354. The Kier molecular flexibility index (Phi) is 7.04. The maximum Gasteiger partial charge on any atom is 0.220 e. The van der Waals surface area contributed by atoms with Gasteiger partial charge in [-0.3, -0.25) is 19.0 Å². The number of thiophene rings is 1. The molecule has 0 saturated heterocycles. The van der Waals surface area contributed by atoms with Gasteiger partial charge < -0.3 is 5.32 Å². The summed E-state index contributed by atoms with van der Waals surface area (Å²) in [6.45, 7) is 2.28. The lowest BCUT2D eigenvalue weighted by molar-refractivity contribution is -0.125. The molecule has 1 amide bonds. The van der Waals surface area contributed by atoms with Crippen LogP contribution in [0.2, 0.25) is 0 Å². The molecule has 1 aromatic carbocycles. The first-order valence-electron chi connectivity index (χ1n) is 10.7. The van der Waals surface area contributed by atoms with Crippen LogP contribution >= 0.6 is 11.3 Å². The third-order valence-corrected chi connectivity index (χ3v) is 6.32. The van der Waals surface area contributed by atoms with E-state index in [1.165, 1.54) is 11.3 Å². The predicted molar refractivity (Wildman–Crippen MR) is 128 cm³/mol. The monoisotopic (exact) mass is 460 g/mol. The van der Waals surface area contributed by atoms with Gasteiger partial charge >= 0.3 is 0 Å². The average Bonchev–Trinajstić information content (AvgIpc) is 3.46. The number of aryl methyl sites for hydroxylation is 1. The maximum absolute atomic E-state index is 12.1. The Labute approximate surface area is 195 Å². The Morgan fingerprint density at radius 3 is 2.52 bits per heavy atom. The van der Waals surface area contributed by atoms with Crippen molar-refractivity contribution in [3.05, 3.63) is 76.4 Å². The number of ketones is 2. The number of rotatable bonds is 10. The van der Waals surface area contributed by atoms with Gasteiger partial charge in [-0.25, -0.2) is 9.97 Å². The number of nitrogens with zero attached hydrogens (tertiary/aromatic N) is 3. The number of fused-ring (bicyclic) bond motifs is 1. The summed E-state index contributed by atoms with van der Waals surface area (Å²) in [5, 5.41) is 2.82. The number of aromatic nitrogens is 3. The standard InChI is InChI=1S/C25H24N4O3S/c1-17-6-11-23(33-17)22(31)10-8-19(30)9-13-25(32)27-15-18-7-12-24(26-14-18)29-16-28-20-4-2-3-5-21(20)29/h2-7,11-12,14,16H,8-10,13,15H2,1H3,(H,27,32). The molecule has 168 valence electrons. The first kappa shape index (κ1) is 22.5. The van der Waals surface area contributed by atoms with Gasteiger partial charge in [0, 0.05) is 43.3 Å². The molecule has 0 aliphatic rings. The van der Waals surface area contributed by atoms with Gasteiger partial charge in [0.2, 0.25) is 5.91 Å². The van der Waals surface area contributed by atoms with Crippen LogP contribution in [0.1, 0.15) is 45.8 Å². The number of benzene rings is 1. The molecule has 33 heavy (non-hydrogen) atoms. The van der Waals surface area contributed by atoms with Crippen molar-refractivity contribution in [3.63, 3.8) is 0 Å². The molecule has 3 heterocycles. The number of Topliss-reactive ketones (excluding diaryl/α,β-unsaturated/α-hetero) is 2. The summed E-state index contributed by atoms with van der Waals surface area (Å²) in [7, 11) is 0. The molecule has 4 aromatic rings. The molecule has 0 bridgehead atoms. The lowest BCUT2D eigenvalue weighted by atomic mass is 10.1. The number of para-hydroxylation sites is 2. The Morgan fingerprint density at radius 1 is 0.939 bits per heavy atom. The zero-order valence-corrected chi connectivity index (χ0v) is 19.1. The van der Waals surface area contributed by atoms with Gasteiger partial charge in [0.25, 0.3) is 0 Å². The van der Waals surface area contributed by atoms with Crippen LogP contribution in [-0.4, -0.2) is 32.0 Å². The minimum absolute atomic E-state index is 0.0226. The van der Waals surface area contributed by atoms with E-state index in [1.54, 1.807) is 18.6 Å². The molecule has 4 rings (SSSR count). The van der Waals surface area contributed by atoms with Crippen molar-refractivity contribution in [3.8, 4) is 5.82 Å². The van der Waals surface area contributed by atoms with Gasteiger partial charge in [0.15, 0.2) is 5.78 Å². The highest BCUT2D eigenvalue weighted by atomic mass is 32.1. The topological polar surface area (TPSA) is 94.0 Å². The lowest BCUT2D eigenvalue weighted by Gasteiger charge is -2.07. The van der Waals surface area contributed by atoms with Crippen molar-refractivity contribution >= 4 is 39.8 Å². The smallest absolute Gasteiger partial charge is 0.220 e. The predicted octanol–water partition coefficient (Wildman–Crippen LogP) is 4.42. The summed E-state index contributed by atoms with van der Waals surface area (Å²) in [6.07, 6.45) is 4.04. The van der Waals surface area contributed by atoms with E-state index in [-0.39, 0.29) is 43.2 Å². The van der Waals surface area contributed by atoms with Crippen LogP contribution in [-0.2, 0) is 16.1 Å². The SMILES string of the molecule is Cc1ccc(C(=O)CCC(=O)CCC(=O)NCc2ccc(-n3cnc4ccccc43)nc2)s1. The number of carbonyl (C=O) groups is 3. The molecule has 0 saturated carbocycles. The molecule has 8 heteroatoms.